The Morgan fingerprint density at radius 1 is 1.26 bits per heavy atom. The number of nitrogens with zero attached hydrogens (tertiary/aromatic N) is 1. The molecular formula is C15H17F4NO3. The Balaban J connectivity index is 3.26. The SMILES string of the molecule is CN(C(=O)OC(C)(C)C)C(C=O)c1ccc(F)cc1C(F)(F)F. The van der Waals surface area contributed by atoms with Crippen LogP contribution in [0.25, 0.3) is 0 Å². The number of likely N-dealkylation sites (N-methyl/N-ethyl adjacent to an activating group) is 1. The lowest BCUT2D eigenvalue weighted by Gasteiger charge is -2.29. The number of alkyl halides is 3. The fourth-order valence-electron chi connectivity index (χ4n) is 1.85. The summed E-state index contributed by atoms with van der Waals surface area (Å²) in [5.41, 5.74) is -2.72. The Morgan fingerprint density at radius 2 is 1.83 bits per heavy atom. The molecule has 1 unspecified atom stereocenters. The molecule has 0 bridgehead atoms. The normalized spacial score (nSPS) is 13.4. The number of carbonyl (C=O) groups excluding carboxylic acids is 2. The van der Waals surface area contributed by atoms with Crippen molar-refractivity contribution in [3.05, 3.63) is 35.1 Å². The molecule has 0 aromatic heterocycles. The molecule has 1 amide bonds. The van der Waals surface area contributed by atoms with Crippen molar-refractivity contribution in [2.75, 3.05) is 7.05 Å². The first-order valence-corrected chi connectivity index (χ1v) is 6.64. The van der Waals surface area contributed by atoms with Crippen LogP contribution >= 0.6 is 0 Å². The van der Waals surface area contributed by atoms with Gasteiger partial charge in [0.15, 0.2) is 0 Å². The summed E-state index contributed by atoms with van der Waals surface area (Å²) in [7, 11) is 1.14. The van der Waals surface area contributed by atoms with Crippen molar-refractivity contribution >= 4 is 12.4 Å². The van der Waals surface area contributed by atoms with Crippen LogP contribution in [0, 0.1) is 5.82 Å². The van der Waals surface area contributed by atoms with Gasteiger partial charge in [0.25, 0.3) is 0 Å². The summed E-state index contributed by atoms with van der Waals surface area (Å²) in [6.07, 6.45) is -5.66. The fourth-order valence-corrected chi connectivity index (χ4v) is 1.85. The first-order chi connectivity index (χ1) is 10.4. The van der Waals surface area contributed by atoms with Crippen LogP contribution in [0.4, 0.5) is 22.4 Å². The maximum absolute atomic E-state index is 13.1. The molecule has 0 aliphatic carbocycles. The third-order valence-electron chi connectivity index (χ3n) is 2.87. The van der Waals surface area contributed by atoms with Gasteiger partial charge in [-0.05, 0) is 38.5 Å². The molecule has 0 saturated carbocycles. The number of hydrogen-bond donors (Lipinski definition) is 0. The van der Waals surface area contributed by atoms with E-state index in [1.54, 1.807) is 20.8 Å². The van der Waals surface area contributed by atoms with E-state index in [-0.39, 0.29) is 12.4 Å². The molecule has 0 heterocycles. The van der Waals surface area contributed by atoms with Gasteiger partial charge in [0, 0.05) is 7.05 Å². The molecule has 0 radical (unpaired) electrons. The minimum absolute atomic E-state index is 0.173. The zero-order valence-corrected chi connectivity index (χ0v) is 13.1. The molecule has 0 spiro atoms. The number of benzene rings is 1. The lowest BCUT2D eigenvalue weighted by molar-refractivity contribution is -0.139. The Bertz CT molecular complexity index is 593. The highest BCUT2D eigenvalue weighted by molar-refractivity contribution is 5.75. The fraction of sp³-hybridized carbons (Fsp3) is 0.467. The van der Waals surface area contributed by atoms with Crippen LogP contribution in [-0.4, -0.2) is 29.9 Å². The summed E-state index contributed by atoms with van der Waals surface area (Å²) in [6, 6.07) is 0.360. The average Bonchev–Trinajstić information content (AvgIpc) is 2.37. The molecular weight excluding hydrogens is 318 g/mol. The molecule has 0 fully saturated rings. The molecule has 23 heavy (non-hydrogen) atoms. The van der Waals surface area contributed by atoms with E-state index in [4.69, 9.17) is 4.74 Å². The van der Waals surface area contributed by atoms with Crippen molar-refractivity contribution in [2.45, 2.75) is 38.6 Å². The second kappa shape index (κ2) is 6.55. The molecule has 8 heteroatoms. The maximum atomic E-state index is 13.1. The highest BCUT2D eigenvalue weighted by atomic mass is 19.4. The van der Waals surface area contributed by atoms with Gasteiger partial charge in [-0.1, -0.05) is 6.07 Å². The van der Waals surface area contributed by atoms with Gasteiger partial charge in [0.05, 0.1) is 5.56 Å². The summed E-state index contributed by atoms with van der Waals surface area (Å²) in [5.74, 6) is -1.09. The standard InChI is InChI=1S/C15H17F4NO3/c1-14(2,3)23-13(22)20(4)12(8-21)10-6-5-9(16)7-11(10)15(17,18)19/h5-8,12H,1-4H3. The highest BCUT2D eigenvalue weighted by Crippen LogP contribution is 2.36. The number of aldehydes is 1. The summed E-state index contributed by atoms with van der Waals surface area (Å²) in [5, 5.41) is 0. The minimum atomic E-state index is -4.87. The lowest BCUT2D eigenvalue weighted by atomic mass is 9.99. The van der Waals surface area contributed by atoms with Crippen molar-refractivity contribution in [3.8, 4) is 0 Å². The first kappa shape index (κ1) is 18.9. The molecule has 4 nitrogen and oxygen atoms in total. The Hall–Kier alpha value is -2.12. The van der Waals surface area contributed by atoms with E-state index in [9.17, 15) is 27.2 Å². The van der Waals surface area contributed by atoms with Gasteiger partial charge >= 0.3 is 12.3 Å². The van der Waals surface area contributed by atoms with Crippen LogP contribution < -0.4 is 0 Å². The van der Waals surface area contributed by atoms with Crippen LogP contribution in [0.2, 0.25) is 0 Å². The van der Waals surface area contributed by atoms with E-state index in [2.05, 4.69) is 0 Å². The van der Waals surface area contributed by atoms with E-state index in [1.807, 2.05) is 0 Å². The Morgan fingerprint density at radius 3 is 2.26 bits per heavy atom. The maximum Gasteiger partial charge on any atom is 0.416 e. The predicted molar refractivity (Wildman–Crippen MR) is 74.2 cm³/mol. The summed E-state index contributed by atoms with van der Waals surface area (Å²) >= 11 is 0. The highest BCUT2D eigenvalue weighted by Gasteiger charge is 2.38. The summed E-state index contributed by atoms with van der Waals surface area (Å²) in [6.45, 7) is 4.73. The number of halogens is 4. The predicted octanol–water partition coefficient (Wildman–Crippen LogP) is 3.95. The minimum Gasteiger partial charge on any atom is -0.444 e. The van der Waals surface area contributed by atoms with Crippen LogP contribution in [0.5, 0.6) is 0 Å². The van der Waals surface area contributed by atoms with Gasteiger partial charge in [-0.25, -0.2) is 9.18 Å². The number of rotatable bonds is 3. The average molecular weight is 335 g/mol. The third kappa shape index (κ3) is 4.94. The Kier molecular flexibility index (Phi) is 5.39. The van der Waals surface area contributed by atoms with Gasteiger partial charge < -0.3 is 9.53 Å². The van der Waals surface area contributed by atoms with Crippen molar-refractivity contribution in [3.63, 3.8) is 0 Å². The molecule has 0 aliphatic heterocycles. The molecule has 128 valence electrons. The summed E-state index contributed by atoms with van der Waals surface area (Å²) in [4.78, 5) is 24.0. The van der Waals surface area contributed by atoms with E-state index in [1.165, 1.54) is 0 Å². The van der Waals surface area contributed by atoms with E-state index in [0.717, 1.165) is 24.1 Å². The Labute approximate surface area is 131 Å². The first-order valence-electron chi connectivity index (χ1n) is 6.64. The van der Waals surface area contributed by atoms with Gasteiger partial charge in [-0.3, -0.25) is 4.90 Å². The number of carbonyl (C=O) groups is 2. The zero-order chi connectivity index (χ0) is 18.0. The van der Waals surface area contributed by atoms with Crippen LogP contribution in [0.15, 0.2) is 18.2 Å². The van der Waals surface area contributed by atoms with Crippen molar-refractivity contribution in [1.29, 1.82) is 0 Å². The largest absolute Gasteiger partial charge is 0.444 e. The number of hydrogen-bond acceptors (Lipinski definition) is 3. The third-order valence-corrected chi connectivity index (χ3v) is 2.87. The van der Waals surface area contributed by atoms with E-state index in [0.29, 0.717) is 0 Å². The lowest BCUT2D eigenvalue weighted by Crippen LogP contribution is -2.38. The van der Waals surface area contributed by atoms with E-state index >= 15 is 0 Å². The number of ether oxygens (including phenoxy) is 1. The van der Waals surface area contributed by atoms with Crippen LogP contribution in [-0.2, 0) is 15.7 Å². The van der Waals surface area contributed by atoms with Crippen molar-refractivity contribution in [2.24, 2.45) is 0 Å². The van der Waals surface area contributed by atoms with Gasteiger partial charge in [0.2, 0.25) is 0 Å². The van der Waals surface area contributed by atoms with Crippen LogP contribution in [0.1, 0.15) is 37.9 Å². The van der Waals surface area contributed by atoms with Crippen molar-refractivity contribution in [1.82, 2.24) is 4.90 Å². The molecule has 1 atom stereocenters. The monoisotopic (exact) mass is 335 g/mol. The molecule has 0 aliphatic rings. The molecule has 1 aromatic rings. The molecule has 1 rings (SSSR count). The molecule has 1 aromatic carbocycles. The zero-order valence-electron chi connectivity index (χ0n) is 13.1. The van der Waals surface area contributed by atoms with Gasteiger partial charge in [0.1, 0.15) is 23.7 Å². The smallest absolute Gasteiger partial charge is 0.416 e. The van der Waals surface area contributed by atoms with Crippen molar-refractivity contribution < 1.29 is 31.9 Å². The van der Waals surface area contributed by atoms with E-state index < -0.39 is 40.9 Å². The number of amides is 1. The van der Waals surface area contributed by atoms with Gasteiger partial charge in [-0.2, -0.15) is 13.2 Å². The second-order valence-electron chi connectivity index (χ2n) is 5.90. The summed E-state index contributed by atoms with van der Waals surface area (Å²) < 4.78 is 57.3. The topological polar surface area (TPSA) is 46.6 Å². The molecule has 0 N–H and O–H groups in total. The molecule has 0 saturated heterocycles. The second-order valence-corrected chi connectivity index (χ2v) is 5.90. The van der Waals surface area contributed by atoms with Crippen LogP contribution in [0.3, 0.4) is 0 Å². The van der Waals surface area contributed by atoms with Gasteiger partial charge in [-0.15, -0.1) is 0 Å². The quantitative estimate of drug-likeness (QED) is 0.621.